The summed E-state index contributed by atoms with van der Waals surface area (Å²) in [5.41, 5.74) is 1.23. The molecule has 6 nitrogen and oxygen atoms in total. The van der Waals surface area contributed by atoms with Gasteiger partial charge in [-0.05, 0) is 37.5 Å². The van der Waals surface area contributed by atoms with E-state index in [0.717, 1.165) is 18.4 Å². The van der Waals surface area contributed by atoms with E-state index in [2.05, 4.69) is 15.0 Å². The topological polar surface area (TPSA) is 68.2 Å². The molecule has 7 heteroatoms. The van der Waals surface area contributed by atoms with E-state index < -0.39 is 5.97 Å². The first-order chi connectivity index (χ1) is 11.6. The fourth-order valence-electron chi connectivity index (χ4n) is 2.46. The van der Waals surface area contributed by atoms with Crippen LogP contribution in [0.4, 0.5) is 5.82 Å². The van der Waals surface area contributed by atoms with Crippen molar-refractivity contribution >= 4 is 23.4 Å². The molecule has 2 aromatic heterocycles. The Labute approximate surface area is 145 Å². The highest BCUT2D eigenvalue weighted by Crippen LogP contribution is 2.40. The number of esters is 1. The molecule has 0 aromatic carbocycles. The lowest BCUT2D eigenvalue weighted by Crippen LogP contribution is -2.25. The molecular weight excluding hydrogens is 328 g/mol. The average Bonchev–Trinajstić information content (AvgIpc) is 3.45. The van der Waals surface area contributed by atoms with Crippen molar-refractivity contribution in [1.29, 1.82) is 0 Å². The lowest BCUT2D eigenvalue weighted by Gasteiger charge is -2.24. The van der Waals surface area contributed by atoms with Gasteiger partial charge in [0.1, 0.15) is 10.8 Å². The molecule has 3 rings (SSSR count). The molecule has 24 heavy (non-hydrogen) atoms. The molecular formula is C17H19ClN4O2. The summed E-state index contributed by atoms with van der Waals surface area (Å²) in [7, 11) is 1.33. The van der Waals surface area contributed by atoms with Crippen LogP contribution >= 0.6 is 11.6 Å². The van der Waals surface area contributed by atoms with E-state index in [9.17, 15) is 4.79 Å². The van der Waals surface area contributed by atoms with Crippen molar-refractivity contribution in [3.8, 4) is 0 Å². The summed E-state index contributed by atoms with van der Waals surface area (Å²) in [5.74, 6) is 1.02. The Hall–Kier alpha value is -2.21. The Morgan fingerprint density at radius 1 is 1.33 bits per heavy atom. The predicted octanol–water partition coefficient (Wildman–Crippen LogP) is 3.22. The SMILES string of the molecule is CCN(Cc1ccncc1)c1nc(C2CC2)nc(C(=O)OC)c1Cl. The van der Waals surface area contributed by atoms with E-state index in [0.29, 0.717) is 30.6 Å². The van der Waals surface area contributed by atoms with Crippen molar-refractivity contribution in [3.63, 3.8) is 0 Å². The smallest absolute Gasteiger partial charge is 0.358 e. The molecule has 1 aliphatic rings. The normalized spacial score (nSPS) is 13.6. The minimum atomic E-state index is -0.537. The zero-order valence-corrected chi connectivity index (χ0v) is 14.5. The van der Waals surface area contributed by atoms with Crippen molar-refractivity contribution < 1.29 is 9.53 Å². The van der Waals surface area contributed by atoms with E-state index in [4.69, 9.17) is 16.3 Å². The van der Waals surface area contributed by atoms with Gasteiger partial charge in [0.05, 0.1) is 7.11 Å². The second-order valence-electron chi connectivity index (χ2n) is 5.70. The molecule has 0 unspecified atom stereocenters. The molecule has 0 N–H and O–H groups in total. The third-order valence-electron chi connectivity index (χ3n) is 3.98. The number of carbonyl (C=O) groups excluding carboxylic acids is 1. The number of halogens is 1. The van der Waals surface area contributed by atoms with Crippen molar-refractivity contribution in [2.75, 3.05) is 18.6 Å². The van der Waals surface area contributed by atoms with Gasteiger partial charge >= 0.3 is 5.97 Å². The van der Waals surface area contributed by atoms with Gasteiger partial charge in [-0.1, -0.05) is 11.6 Å². The van der Waals surface area contributed by atoms with Gasteiger partial charge < -0.3 is 9.64 Å². The first-order valence-corrected chi connectivity index (χ1v) is 8.31. The summed E-state index contributed by atoms with van der Waals surface area (Å²) in [4.78, 5) is 27.1. The maximum absolute atomic E-state index is 12.0. The highest BCUT2D eigenvalue weighted by Gasteiger charge is 2.31. The van der Waals surface area contributed by atoms with Gasteiger partial charge in [-0.15, -0.1) is 0 Å². The minimum Gasteiger partial charge on any atom is -0.464 e. The molecule has 0 amide bonds. The number of pyridine rings is 1. The van der Waals surface area contributed by atoms with Gasteiger partial charge in [-0.25, -0.2) is 14.8 Å². The monoisotopic (exact) mass is 346 g/mol. The van der Waals surface area contributed by atoms with E-state index in [1.54, 1.807) is 12.4 Å². The number of anilines is 1. The Morgan fingerprint density at radius 3 is 2.62 bits per heavy atom. The zero-order valence-electron chi connectivity index (χ0n) is 13.7. The van der Waals surface area contributed by atoms with Gasteiger partial charge in [0.2, 0.25) is 0 Å². The van der Waals surface area contributed by atoms with E-state index in [1.165, 1.54) is 7.11 Å². The Bertz CT molecular complexity index is 735. The van der Waals surface area contributed by atoms with Gasteiger partial charge in [0, 0.05) is 31.4 Å². The van der Waals surface area contributed by atoms with Crippen LogP contribution in [0.25, 0.3) is 0 Å². The van der Waals surface area contributed by atoms with Crippen molar-refractivity contribution in [2.45, 2.75) is 32.2 Å². The molecule has 0 atom stereocenters. The van der Waals surface area contributed by atoms with Crippen LogP contribution in [0.1, 0.15) is 47.6 Å². The third-order valence-corrected chi connectivity index (χ3v) is 4.32. The quantitative estimate of drug-likeness (QED) is 0.748. The molecule has 1 fully saturated rings. The molecule has 2 aromatic rings. The van der Waals surface area contributed by atoms with Gasteiger partial charge in [-0.2, -0.15) is 0 Å². The highest BCUT2D eigenvalue weighted by molar-refractivity contribution is 6.35. The van der Waals surface area contributed by atoms with Crippen LogP contribution in [0, 0.1) is 0 Å². The van der Waals surface area contributed by atoms with Crippen LogP contribution in [0.3, 0.4) is 0 Å². The van der Waals surface area contributed by atoms with E-state index in [1.807, 2.05) is 24.0 Å². The Balaban J connectivity index is 2.00. The van der Waals surface area contributed by atoms with Crippen LogP contribution in [-0.2, 0) is 11.3 Å². The molecule has 0 saturated heterocycles. The van der Waals surface area contributed by atoms with E-state index >= 15 is 0 Å². The summed E-state index contributed by atoms with van der Waals surface area (Å²) in [6, 6.07) is 3.89. The molecule has 1 saturated carbocycles. The molecule has 126 valence electrons. The predicted molar refractivity (Wildman–Crippen MR) is 91.3 cm³/mol. The van der Waals surface area contributed by atoms with E-state index in [-0.39, 0.29) is 10.7 Å². The number of nitrogens with zero attached hydrogens (tertiary/aromatic N) is 4. The lowest BCUT2D eigenvalue weighted by molar-refractivity contribution is 0.0593. The maximum atomic E-state index is 12.0. The number of carbonyl (C=O) groups is 1. The molecule has 0 aliphatic heterocycles. The minimum absolute atomic E-state index is 0.138. The largest absolute Gasteiger partial charge is 0.464 e. The van der Waals surface area contributed by atoms with Gasteiger partial charge in [0.15, 0.2) is 11.5 Å². The van der Waals surface area contributed by atoms with Crippen LogP contribution in [-0.4, -0.2) is 34.6 Å². The molecule has 0 bridgehead atoms. The fraction of sp³-hybridized carbons (Fsp3) is 0.412. The number of aromatic nitrogens is 3. The fourth-order valence-corrected chi connectivity index (χ4v) is 2.74. The van der Waals surface area contributed by atoms with Crippen LogP contribution in [0.5, 0.6) is 0 Å². The summed E-state index contributed by atoms with van der Waals surface area (Å²) in [5, 5.41) is 0.238. The van der Waals surface area contributed by atoms with Gasteiger partial charge in [0.25, 0.3) is 0 Å². The zero-order chi connectivity index (χ0) is 17.1. The third kappa shape index (κ3) is 3.48. The number of ether oxygens (including phenoxy) is 1. The number of hydrogen-bond acceptors (Lipinski definition) is 6. The molecule has 0 radical (unpaired) electrons. The number of rotatable bonds is 6. The first-order valence-electron chi connectivity index (χ1n) is 7.93. The number of hydrogen-bond donors (Lipinski definition) is 0. The maximum Gasteiger partial charge on any atom is 0.358 e. The van der Waals surface area contributed by atoms with Crippen LogP contribution in [0.15, 0.2) is 24.5 Å². The lowest BCUT2D eigenvalue weighted by atomic mass is 10.2. The summed E-state index contributed by atoms with van der Waals surface area (Å²) in [6.45, 7) is 3.35. The van der Waals surface area contributed by atoms with Crippen LogP contribution < -0.4 is 4.90 Å². The second-order valence-corrected chi connectivity index (χ2v) is 6.08. The second kappa shape index (κ2) is 7.13. The first kappa shape index (κ1) is 16.6. The summed E-state index contributed by atoms with van der Waals surface area (Å²) in [6.07, 6.45) is 5.58. The molecule has 1 aliphatic carbocycles. The van der Waals surface area contributed by atoms with Crippen molar-refractivity contribution in [2.24, 2.45) is 0 Å². The van der Waals surface area contributed by atoms with Crippen molar-refractivity contribution in [1.82, 2.24) is 15.0 Å². The van der Waals surface area contributed by atoms with Crippen molar-refractivity contribution in [3.05, 3.63) is 46.6 Å². The van der Waals surface area contributed by atoms with Crippen LogP contribution in [0.2, 0.25) is 5.02 Å². The Kier molecular flexibility index (Phi) is 4.94. The number of methoxy groups -OCH3 is 1. The summed E-state index contributed by atoms with van der Waals surface area (Å²) < 4.78 is 4.82. The standard InChI is InChI=1S/C17H19ClN4O2/c1-3-22(10-11-6-8-19-9-7-11)16-13(18)14(17(23)24-2)20-15(21-16)12-4-5-12/h6-9,12H,3-5,10H2,1-2H3. The highest BCUT2D eigenvalue weighted by atomic mass is 35.5. The van der Waals surface area contributed by atoms with Gasteiger partial charge in [-0.3, -0.25) is 4.98 Å². The average molecular weight is 347 g/mol. The summed E-state index contributed by atoms with van der Waals surface area (Å²) >= 11 is 6.44. The molecule has 0 spiro atoms. The molecule has 2 heterocycles. The Morgan fingerprint density at radius 2 is 2.04 bits per heavy atom.